The summed E-state index contributed by atoms with van der Waals surface area (Å²) in [6.07, 6.45) is 0. The van der Waals surface area contributed by atoms with Gasteiger partial charge in [0.15, 0.2) is 11.5 Å². The van der Waals surface area contributed by atoms with Crippen LogP contribution in [0.5, 0.6) is 17.2 Å². The van der Waals surface area contributed by atoms with Gasteiger partial charge in [-0.2, -0.15) is 0 Å². The van der Waals surface area contributed by atoms with Crippen molar-refractivity contribution in [2.45, 2.75) is 19.4 Å². The molecule has 5 heteroatoms. The maximum atomic E-state index is 10.0. The molecule has 2 N–H and O–H groups in total. The molecule has 0 saturated carbocycles. The van der Waals surface area contributed by atoms with E-state index in [-0.39, 0.29) is 5.75 Å². The number of phenolic OH excluding ortho intramolecular Hbond substituents is 1. The predicted octanol–water partition coefficient (Wildman–Crippen LogP) is 2.40. The van der Waals surface area contributed by atoms with Crippen LogP contribution in [0.3, 0.4) is 0 Å². The fourth-order valence-corrected chi connectivity index (χ4v) is 1.93. The maximum absolute atomic E-state index is 10.0. The van der Waals surface area contributed by atoms with Crippen LogP contribution in [0.4, 0.5) is 0 Å². The Balaban J connectivity index is 3.60. The molecule has 0 aliphatic rings. The lowest BCUT2D eigenvalue weighted by molar-refractivity contribution is 0.0721. The van der Waals surface area contributed by atoms with Crippen LogP contribution in [0, 0.1) is 0 Å². The summed E-state index contributed by atoms with van der Waals surface area (Å²) in [5.74, 6) is 0.727. The lowest BCUT2D eigenvalue weighted by atomic mass is 9.96. The molecule has 0 aliphatic carbocycles. The van der Waals surface area contributed by atoms with Gasteiger partial charge in [0.2, 0.25) is 0 Å². The zero-order valence-corrected chi connectivity index (χ0v) is 11.3. The first kappa shape index (κ1) is 13.1. The van der Waals surface area contributed by atoms with Crippen LogP contribution in [-0.2, 0) is 5.60 Å². The molecule has 0 aromatic heterocycles. The highest BCUT2D eigenvalue weighted by Crippen LogP contribution is 2.46. The van der Waals surface area contributed by atoms with Gasteiger partial charge in [-0.1, -0.05) is 0 Å². The Bertz CT molecular complexity index is 396. The minimum absolute atomic E-state index is 0.0508. The topological polar surface area (TPSA) is 58.9 Å². The van der Waals surface area contributed by atoms with Crippen LogP contribution in [0.1, 0.15) is 19.4 Å². The van der Waals surface area contributed by atoms with Gasteiger partial charge < -0.3 is 19.7 Å². The first-order valence-electron chi connectivity index (χ1n) is 4.69. The Labute approximate surface area is 103 Å². The van der Waals surface area contributed by atoms with Gasteiger partial charge in [0.05, 0.1) is 29.9 Å². The SMILES string of the molecule is COc1cc(Br)c(O)c(C(C)(C)O)c1OC. The van der Waals surface area contributed by atoms with Crippen molar-refractivity contribution in [3.8, 4) is 17.2 Å². The second-order valence-electron chi connectivity index (χ2n) is 3.88. The summed E-state index contributed by atoms with van der Waals surface area (Å²) in [6.45, 7) is 3.13. The molecule has 0 radical (unpaired) electrons. The van der Waals surface area contributed by atoms with E-state index in [1.54, 1.807) is 19.9 Å². The molecule has 0 amide bonds. The first-order valence-corrected chi connectivity index (χ1v) is 5.48. The zero-order chi connectivity index (χ0) is 12.5. The number of ether oxygens (including phenoxy) is 2. The number of aromatic hydroxyl groups is 1. The Morgan fingerprint density at radius 1 is 1.25 bits per heavy atom. The largest absolute Gasteiger partial charge is 0.506 e. The van der Waals surface area contributed by atoms with E-state index in [1.165, 1.54) is 14.2 Å². The van der Waals surface area contributed by atoms with Gasteiger partial charge in [-0.05, 0) is 29.8 Å². The smallest absolute Gasteiger partial charge is 0.170 e. The van der Waals surface area contributed by atoms with Crippen molar-refractivity contribution >= 4 is 15.9 Å². The molecule has 0 spiro atoms. The van der Waals surface area contributed by atoms with E-state index in [9.17, 15) is 10.2 Å². The van der Waals surface area contributed by atoms with E-state index in [4.69, 9.17) is 9.47 Å². The number of benzene rings is 1. The molecule has 0 atom stereocenters. The molecule has 1 aromatic carbocycles. The molecule has 4 nitrogen and oxygen atoms in total. The highest BCUT2D eigenvalue weighted by atomic mass is 79.9. The number of halogens is 1. The number of hydrogen-bond donors (Lipinski definition) is 2. The molecule has 0 saturated heterocycles. The lowest BCUT2D eigenvalue weighted by Gasteiger charge is -2.24. The molecular formula is C11H15BrO4. The zero-order valence-electron chi connectivity index (χ0n) is 9.67. The van der Waals surface area contributed by atoms with E-state index in [0.29, 0.717) is 21.5 Å². The van der Waals surface area contributed by atoms with E-state index in [0.717, 1.165) is 0 Å². The quantitative estimate of drug-likeness (QED) is 0.897. The fraction of sp³-hybridized carbons (Fsp3) is 0.455. The van der Waals surface area contributed by atoms with Crippen molar-refractivity contribution in [2.24, 2.45) is 0 Å². The Hall–Kier alpha value is -0.940. The molecule has 0 aliphatic heterocycles. The lowest BCUT2D eigenvalue weighted by Crippen LogP contribution is -2.17. The van der Waals surface area contributed by atoms with Crippen molar-refractivity contribution in [2.75, 3.05) is 14.2 Å². The average Bonchev–Trinajstić information content (AvgIpc) is 2.19. The highest BCUT2D eigenvalue weighted by molar-refractivity contribution is 9.10. The number of phenols is 1. The third kappa shape index (κ3) is 2.25. The number of rotatable bonds is 3. The van der Waals surface area contributed by atoms with Crippen molar-refractivity contribution in [1.82, 2.24) is 0 Å². The number of aliphatic hydroxyl groups is 1. The van der Waals surface area contributed by atoms with Crippen LogP contribution in [0.25, 0.3) is 0 Å². The van der Waals surface area contributed by atoms with Gasteiger partial charge >= 0.3 is 0 Å². The first-order chi connectivity index (χ1) is 7.32. The second kappa shape index (κ2) is 4.51. The predicted molar refractivity (Wildman–Crippen MR) is 64.2 cm³/mol. The van der Waals surface area contributed by atoms with E-state index < -0.39 is 5.60 Å². The van der Waals surface area contributed by atoms with Crippen LogP contribution in [-0.4, -0.2) is 24.4 Å². The van der Waals surface area contributed by atoms with Crippen molar-refractivity contribution < 1.29 is 19.7 Å². The molecule has 0 unspecified atom stereocenters. The van der Waals surface area contributed by atoms with E-state index in [1.807, 2.05) is 0 Å². The standard InChI is InChI=1S/C11H15BrO4/c1-11(2,14)8-9(13)6(12)5-7(15-3)10(8)16-4/h5,13-14H,1-4H3. The minimum Gasteiger partial charge on any atom is -0.506 e. The summed E-state index contributed by atoms with van der Waals surface area (Å²) >= 11 is 3.20. The normalized spacial score (nSPS) is 11.4. The maximum Gasteiger partial charge on any atom is 0.170 e. The van der Waals surface area contributed by atoms with Gasteiger partial charge in [-0.25, -0.2) is 0 Å². The minimum atomic E-state index is -1.23. The van der Waals surface area contributed by atoms with E-state index in [2.05, 4.69) is 15.9 Å². The summed E-state index contributed by atoms with van der Waals surface area (Å²) in [5.41, 5.74) is -0.937. The van der Waals surface area contributed by atoms with Crippen LogP contribution in [0.2, 0.25) is 0 Å². The Kier molecular flexibility index (Phi) is 3.70. The molecule has 0 bridgehead atoms. The van der Waals surface area contributed by atoms with Gasteiger partial charge in [0.1, 0.15) is 5.75 Å². The third-order valence-electron chi connectivity index (χ3n) is 2.21. The summed E-state index contributed by atoms with van der Waals surface area (Å²) < 4.78 is 10.7. The molecule has 90 valence electrons. The summed E-state index contributed by atoms with van der Waals surface area (Å²) in [7, 11) is 2.95. The molecule has 1 rings (SSSR count). The molecule has 0 fully saturated rings. The third-order valence-corrected chi connectivity index (χ3v) is 2.81. The van der Waals surface area contributed by atoms with Gasteiger partial charge in [0.25, 0.3) is 0 Å². The van der Waals surface area contributed by atoms with Crippen LogP contribution >= 0.6 is 15.9 Å². The van der Waals surface area contributed by atoms with Crippen LogP contribution < -0.4 is 9.47 Å². The van der Waals surface area contributed by atoms with E-state index >= 15 is 0 Å². The second-order valence-corrected chi connectivity index (χ2v) is 4.73. The number of hydrogen-bond acceptors (Lipinski definition) is 4. The van der Waals surface area contributed by atoms with Crippen LogP contribution in [0.15, 0.2) is 10.5 Å². The highest BCUT2D eigenvalue weighted by Gasteiger charge is 2.29. The van der Waals surface area contributed by atoms with Crippen molar-refractivity contribution in [3.05, 3.63) is 16.1 Å². The summed E-state index contributed by atoms with van der Waals surface area (Å²) in [6, 6.07) is 1.59. The van der Waals surface area contributed by atoms with Gasteiger partial charge in [-0.3, -0.25) is 0 Å². The number of methoxy groups -OCH3 is 2. The molecule has 0 heterocycles. The fourth-order valence-electron chi connectivity index (χ4n) is 1.52. The molecular weight excluding hydrogens is 276 g/mol. The monoisotopic (exact) mass is 290 g/mol. The molecule has 1 aromatic rings. The molecule has 16 heavy (non-hydrogen) atoms. The van der Waals surface area contributed by atoms with Gasteiger partial charge in [0, 0.05) is 6.07 Å². The van der Waals surface area contributed by atoms with Gasteiger partial charge in [-0.15, -0.1) is 0 Å². The van der Waals surface area contributed by atoms with Crippen molar-refractivity contribution in [3.63, 3.8) is 0 Å². The summed E-state index contributed by atoms with van der Waals surface area (Å²) in [5, 5.41) is 19.9. The average molecular weight is 291 g/mol. The Morgan fingerprint density at radius 3 is 2.19 bits per heavy atom. The van der Waals surface area contributed by atoms with Crippen molar-refractivity contribution in [1.29, 1.82) is 0 Å². The Morgan fingerprint density at radius 2 is 1.81 bits per heavy atom. The summed E-state index contributed by atoms with van der Waals surface area (Å²) in [4.78, 5) is 0.